The van der Waals surface area contributed by atoms with E-state index in [0.717, 1.165) is 6.07 Å². The topological polar surface area (TPSA) is 131 Å². The molecule has 0 saturated carbocycles. The van der Waals surface area contributed by atoms with Crippen molar-refractivity contribution in [1.29, 1.82) is 0 Å². The number of rotatable bonds is 8. The summed E-state index contributed by atoms with van der Waals surface area (Å²) in [6.07, 6.45) is 0. The highest BCUT2D eigenvalue weighted by Gasteiger charge is 2.19. The van der Waals surface area contributed by atoms with E-state index in [2.05, 4.69) is 10.6 Å². The van der Waals surface area contributed by atoms with Gasteiger partial charge in [-0.2, -0.15) is 0 Å². The van der Waals surface area contributed by atoms with Crippen molar-refractivity contribution < 1.29 is 28.7 Å². The van der Waals surface area contributed by atoms with Crippen LogP contribution in [0.15, 0.2) is 36.4 Å². The molecular weight excluding hydrogens is 373 g/mol. The number of ether oxygens (including phenoxy) is 1. The number of aliphatic hydroxyl groups is 1. The highest BCUT2D eigenvalue weighted by molar-refractivity contribution is 5.99. The molecule has 0 aliphatic rings. The fraction of sp³-hybridized carbons (Fsp3) is 0.222. The van der Waals surface area contributed by atoms with Gasteiger partial charge in [0.05, 0.1) is 22.8 Å². The molecule has 2 aromatic rings. The van der Waals surface area contributed by atoms with E-state index >= 15 is 0 Å². The van der Waals surface area contributed by atoms with Crippen molar-refractivity contribution in [2.24, 2.45) is 0 Å². The summed E-state index contributed by atoms with van der Waals surface area (Å²) in [7, 11) is 0. The van der Waals surface area contributed by atoms with Crippen LogP contribution in [0.4, 0.5) is 21.5 Å². The number of esters is 1. The number of nitrogens with one attached hydrogen (secondary N) is 2. The summed E-state index contributed by atoms with van der Waals surface area (Å²) >= 11 is 0. The summed E-state index contributed by atoms with van der Waals surface area (Å²) in [5.41, 5.74) is 0.307. The first-order chi connectivity index (χ1) is 13.3. The Balaban J connectivity index is 2.07. The summed E-state index contributed by atoms with van der Waals surface area (Å²) < 4.78 is 18.6. The fourth-order valence-corrected chi connectivity index (χ4v) is 2.28. The third kappa shape index (κ3) is 5.48. The Hall–Kier alpha value is -3.53. The number of anilines is 2. The lowest BCUT2D eigenvalue weighted by atomic mass is 10.1. The maximum absolute atomic E-state index is 13.8. The molecule has 0 aliphatic heterocycles. The summed E-state index contributed by atoms with van der Waals surface area (Å²) in [6.45, 7) is 0.855. The summed E-state index contributed by atoms with van der Waals surface area (Å²) in [4.78, 5) is 34.4. The number of nitro benzene ring substituents is 1. The molecule has 0 atom stereocenters. The molecule has 2 aromatic carbocycles. The Morgan fingerprint density at radius 2 is 1.93 bits per heavy atom. The van der Waals surface area contributed by atoms with Crippen LogP contribution >= 0.6 is 0 Å². The Morgan fingerprint density at radius 3 is 2.57 bits per heavy atom. The minimum Gasteiger partial charge on any atom is -0.452 e. The highest BCUT2D eigenvalue weighted by atomic mass is 19.1. The van der Waals surface area contributed by atoms with Crippen LogP contribution in [0.3, 0.4) is 0 Å². The maximum Gasteiger partial charge on any atom is 0.341 e. The number of non-ortho nitro benzene ring substituents is 1. The predicted molar refractivity (Wildman–Crippen MR) is 98.7 cm³/mol. The van der Waals surface area contributed by atoms with Crippen LogP contribution in [-0.2, 0) is 9.53 Å². The molecule has 10 heteroatoms. The summed E-state index contributed by atoms with van der Waals surface area (Å²) in [5.74, 6) is -2.39. The van der Waals surface area contributed by atoms with E-state index in [4.69, 9.17) is 9.84 Å². The van der Waals surface area contributed by atoms with E-state index in [9.17, 15) is 24.1 Å². The molecule has 0 heterocycles. The van der Waals surface area contributed by atoms with Gasteiger partial charge in [-0.15, -0.1) is 0 Å². The van der Waals surface area contributed by atoms with Crippen LogP contribution in [0, 0.1) is 22.9 Å². The Morgan fingerprint density at radius 1 is 1.21 bits per heavy atom. The van der Waals surface area contributed by atoms with Gasteiger partial charge in [0.25, 0.3) is 11.6 Å². The van der Waals surface area contributed by atoms with Crippen molar-refractivity contribution in [2.75, 3.05) is 30.4 Å². The normalized spacial score (nSPS) is 10.2. The number of aryl methyl sites for hydroxylation is 1. The van der Waals surface area contributed by atoms with E-state index < -0.39 is 29.2 Å². The second-order valence-corrected chi connectivity index (χ2v) is 5.74. The minimum atomic E-state index is -0.983. The van der Waals surface area contributed by atoms with Crippen molar-refractivity contribution in [3.05, 3.63) is 63.5 Å². The smallest absolute Gasteiger partial charge is 0.341 e. The van der Waals surface area contributed by atoms with E-state index in [-0.39, 0.29) is 35.8 Å². The van der Waals surface area contributed by atoms with E-state index in [1.165, 1.54) is 24.3 Å². The van der Waals surface area contributed by atoms with Crippen molar-refractivity contribution in [1.82, 2.24) is 0 Å². The SMILES string of the molecule is Cc1ccc(NC(=O)COC(=O)c2cc([N+](=O)[O-])ccc2NCCO)c(F)c1. The van der Waals surface area contributed by atoms with Gasteiger partial charge in [-0.1, -0.05) is 6.07 Å². The fourth-order valence-electron chi connectivity index (χ4n) is 2.28. The third-order valence-corrected chi connectivity index (χ3v) is 3.59. The van der Waals surface area contributed by atoms with Crippen molar-refractivity contribution >= 4 is 28.9 Å². The molecule has 3 N–H and O–H groups in total. The number of carbonyl (C=O) groups is 2. The van der Waals surface area contributed by atoms with E-state index in [1.807, 2.05) is 0 Å². The molecular formula is C18H18FN3O6. The molecule has 0 unspecified atom stereocenters. The molecule has 0 spiro atoms. The molecule has 0 radical (unpaired) electrons. The second kappa shape index (κ2) is 9.42. The zero-order chi connectivity index (χ0) is 20.7. The summed E-state index contributed by atoms with van der Waals surface area (Å²) in [6, 6.07) is 7.70. The minimum absolute atomic E-state index is 0.0627. The zero-order valence-corrected chi connectivity index (χ0v) is 14.9. The van der Waals surface area contributed by atoms with Gasteiger partial charge in [-0.3, -0.25) is 14.9 Å². The van der Waals surface area contributed by atoms with Gasteiger partial charge in [0, 0.05) is 24.4 Å². The third-order valence-electron chi connectivity index (χ3n) is 3.59. The lowest BCUT2D eigenvalue weighted by Gasteiger charge is -2.11. The molecule has 1 amide bonds. The number of halogens is 1. The molecule has 0 aliphatic carbocycles. The lowest BCUT2D eigenvalue weighted by Crippen LogP contribution is -2.22. The number of hydrogen-bond donors (Lipinski definition) is 3. The number of nitro groups is 1. The van der Waals surface area contributed by atoms with Gasteiger partial charge in [-0.05, 0) is 30.7 Å². The van der Waals surface area contributed by atoms with Gasteiger partial charge in [0.1, 0.15) is 5.82 Å². The molecule has 2 rings (SSSR count). The van der Waals surface area contributed by atoms with Crippen LogP contribution in [0.1, 0.15) is 15.9 Å². The Bertz CT molecular complexity index is 903. The van der Waals surface area contributed by atoms with Gasteiger partial charge in [-0.25, -0.2) is 9.18 Å². The molecule has 0 aromatic heterocycles. The highest BCUT2D eigenvalue weighted by Crippen LogP contribution is 2.23. The molecule has 28 heavy (non-hydrogen) atoms. The van der Waals surface area contributed by atoms with E-state index in [0.29, 0.717) is 5.56 Å². The number of hydrogen-bond acceptors (Lipinski definition) is 7. The van der Waals surface area contributed by atoms with Crippen LogP contribution < -0.4 is 10.6 Å². The van der Waals surface area contributed by atoms with Crippen LogP contribution in [-0.4, -0.2) is 41.7 Å². The van der Waals surface area contributed by atoms with Gasteiger partial charge >= 0.3 is 5.97 Å². The predicted octanol–water partition coefficient (Wildman–Crippen LogP) is 2.24. The quantitative estimate of drug-likeness (QED) is 0.357. The van der Waals surface area contributed by atoms with Crippen LogP contribution in [0.5, 0.6) is 0 Å². The number of amides is 1. The molecule has 9 nitrogen and oxygen atoms in total. The molecule has 148 valence electrons. The Labute approximate surface area is 159 Å². The monoisotopic (exact) mass is 391 g/mol. The van der Waals surface area contributed by atoms with Crippen molar-refractivity contribution in [2.45, 2.75) is 6.92 Å². The zero-order valence-electron chi connectivity index (χ0n) is 14.9. The average Bonchev–Trinajstić information content (AvgIpc) is 2.66. The summed E-state index contributed by atoms with van der Waals surface area (Å²) in [5, 5.41) is 24.8. The van der Waals surface area contributed by atoms with Gasteiger partial charge < -0.3 is 20.5 Å². The standard InChI is InChI=1S/C18H18FN3O6/c1-11-2-4-16(14(19)8-11)21-17(24)10-28-18(25)13-9-12(22(26)27)3-5-15(13)20-6-7-23/h2-5,8-9,20,23H,6-7,10H2,1H3,(H,21,24). The Kier molecular flexibility index (Phi) is 6.99. The lowest BCUT2D eigenvalue weighted by molar-refractivity contribution is -0.384. The molecule has 0 bridgehead atoms. The first kappa shape index (κ1) is 20.8. The maximum atomic E-state index is 13.8. The second-order valence-electron chi connectivity index (χ2n) is 5.74. The van der Waals surface area contributed by atoms with Crippen LogP contribution in [0.25, 0.3) is 0 Å². The molecule has 0 saturated heterocycles. The largest absolute Gasteiger partial charge is 0.452 e. The van der Waals surface area contributed by atoms with Crippen LogP contribution in [0.2, 0.25) is 0 Å². The molecule has 0 fully saturated rings. The van der Waals surface area contributed by atoms with Gasteiger partial charge in [0.2, 0.25) is 0 Å². The van der Waals surface area contributed by atoms with E-state index in [1.54, 1.807) is 13.0 Å². The number of nitrogens with zero attached hydrogens (tertiary/aromatic N) is 1. The van der Waals surface area contributed by atoms with Gasteiger partial charge in [0.15, 0.2) is 6.61 Å². The van der Waals surface area contributed by atoms with Crippen molar-refractivity contribution in [3.8, 4) is 0 Å². The number of aliphatic hydroxyl groups excluding tert-OH is 1. The van der Waals surface area contributed by atoms with Crippen molar-refractivity contribution in [3.63, 3.8) is 0 Å². The number of benzene rings is 2. The average molecular weight is 391 g/mol. The number of carbonyl (C=O) groups excluding carboxylic acids is 2. The first-order valence-electron chi connectivity index (χ1n) is 8.18. The first-order valence-corrected chi connectivity index (χ1v) is 8.18.